The van der Waals surface area contributed by atoms with E-state index in [0.717, 1.165) is 32.1 Å². The van der Waals surface area contributed by atoms with E-state index in [1.54, 1.807) is 6.07 Å². The number of aromatic hydroxyl groups is 1. The summed E-state index contributed by atoms with van der Waals surface area (Å²) in [6.45, 7) is 0. The van der Waals surface area contributed by atoms with Gasteiger partial charge in [-0.15, -0.1) is 0 Å². The van der Waals surface area contributed by atoms with Gasteiger partial charge >= 0.3 is 0 Å². The molecule has 4 rings (SSSR count). The SMILES string of the molecule is Oc1ccc2c(c1)CC[C@H]1[C@@H]3C[C@H](O)[C@H](O)[C@H]3CC[C@H]21. The second-order valence-corrected chi connectivity index (χ2v) is 6.89. The van der Waals surface area contributed by atoms with Crippen molar-refractivity contribution in [1.29, 1.82) is 0 Å². The standard InChI is InChI=1S/C17H22O3/c18-10-2-4-11-9(7-10)1-3-13-12(11)5-6-14-15(13)8-16(19)17(14)20/h2,4,7,12-20H,1,3,5-6,8H2/t12-,13-,14+,15+,16+,17-/m1/s1. The van der Waals surface area contributed by atoms with Gasteiger partial charge in [0.05, 0.1) is 12.2 Å². The van der Waals surface area contributed by atoms with E-state index >= 15 is 0 Å². The molecule has 2 saturated carbocycles. The van der Waals surface area contributed by atoms with Crippen LogP contribution in [0.25, 0.3) is 0 Å². The second-order valence-electron chi connectivity index (χ2n) is 6.89. The minimum absolute atomic E-state index is 0.296. The summed E-state index contributed by atoms with van der Waals surface area (Å²) in [5.74, 6) is 2.28. The molecule has 0 heterocycles. The molecule has 3 N–H and O–H groups in total. The maximum Gasteiger partial charge on any atom is 0.115 e. The molecule has 0 aromatic heterocycles. The van der Waals surface area contributed by atoms with E-state index in [1.165, 1.54) is 11.1 Å². The highest BCUT2D eigenvalue weighted by Crippen LogP contribution is 2.55. The molecule has 2 fully saturated rings. The van der Waals surface area contributed by atoms with Crippen molar-refractivity contribution in [3.8, 4) is 5.75 Å². The number of phenolic OH excluding ortho intramolecular Hbond substituents is 1. The lowest BCUT2D eigenvalue weighted by Crippen LogP contribution is -2.37. The van der Waals surface area contributed by atoms with Gasteiger partial charge in [0.2, 0.25) is 0 Å². The van der Waals surface area contributed by atoms with Gasteiger partial charge < -0.3 is 15.3 Å². The van der Waals surface area contributed by atoms with E-state index in [1.807, 2.05) is 6.07 Å². The molecule has 0 bridgehead atoms. The highest BCUT2D eigenvalue weighted by Gasteiger charge is 2.50. The Kier molecular flexibility index (Phi) is 2.83. The molecule has 3 heteroatoms. The van der Waals surface area contributed by atoms with Crippen LogP contribution in [0.4, 0.5) is 0 Å². The number of benzene rings is 1. The fourth-order valence-electron chi connectivity index (χ4n) is 5.19. The molecule has 3 nitrogen and oxygen atoms in total. The fraction of sp³-hybridized carbons (Fsp3) is 0.647. The number of hydrogen-bond acceptors (Lipinski definition) is 3. The maximum atomic E-state index is 10.1. The fourth-order valence-corrected chi connectivity index (χ4v) is 5.19. The first-order valence-corrected chi connectivity index (χ1v) is 7.83. The molecule has 0 aliphatic heterocycles. The Hall–Kier alpha value is -1.06. The molecular weight excluding hydrogens is 252 g/mol. The minimum Gasteiger partial charge on any atom is -0.508 e. The first kappa shape index (κ1) is 12.7. The van der Waals surface area contributed by atoms with Crippen molar-refractivity contribution in [1.82, 2.24) is 0 Å². The van der Waals surface area contributed by atoms with Crippen LogP contribution in [0.15, 0.2) is 18.2 Å². The van der Waals surface area contributed by atoms with E-state index in [0.29, 0.717) is 29.4 Å². The third kappa shape index (κ3) is 1.73. The van der Waals surface area contributed by atoms with Gasteiger partial charge in [-0.25, -0.2) is 0 Å². The number of hydrogen-bond donors (Lipinski definition) is 3. The third-order valence-corrected chi connectivity index (χ3v) is 6.05. The van der Waals surface area contributed by atoms with Crippen LogP contribution in [-0.4, -0.2) is 27.5 Å². The first-order valence-electron chi connectivity index (χ1n) is 7.83. The van der Waals surface area contributed by atoms with Crippen molar-refractivity contribution >= 4 is 0 Å². The van der Waals surface area contributed by atoms with Crippen LogP contribution < -0.4 is 0 Å². The highest BCUT2D eigenvalue weighted by molar-refractivity contribution is 5.39. The predicted molar refractivity (Wildman–Crippen MR) is 75.5 cm³/mol. The number of phenols is 1. The Bertz CT molecular complexity index is 527. The quantitative estimate of drug-likeness (QED) is 0.679. The predicted octanol–water partition coefficient (Wildman–Crippen LogP) is 2.19. The van der Waals surface area contributed by atoms with Crippen molar-refractivity contribution in [2.45, 2.75) is 50.2 Å². The van der Waals surface area contributed by atoms with Crippen molar-refractivity contribution < 1.29 is 15.3 Å². The number of aryl methyl sites for hydroxylation is 1. The monoisotopic (exact) mass is 274 g/mol. The summed E-state index contributed by atoms with van der Waals surface area (Å²) in [4.78, 5) is 0. The molecule has 6 atom stereocenters. The Labute approximate surface area is 119 Å². The smallest absolute Gasteiger partial charge is 0.115 e. The van der Waals surface area contributed by atoms with Crippen LogP contribution in [0.3, 0.4) is 0 Å². The lowest BCUT2D eigenvalue weighted by atomic mass is 9.61. The van der Waals surface area contributed by atoms with E-state index in [9.17, 15) is 15.3 Å². The average Bonchev–Trinajstić information content (AvgIpc) is 2.74. The van der Waals surface area contributed by atoms with Crippen molar-refractivity contribution in [2.75, 3.05) is 0 Å². The zero-order valence-electron chi connectivity index (χ0n) is 11.6. The third-order valence-electron chi connectivity index (χ3n) is 6.05. The zero-order chi connectivity index (χ0) is 13.9. The molecule has 0 amide bonds. The van der Waals surface area contributed by atoms with Gasteiger partial charge in [-0.1, -0.05) is 6.07 Å². The Morgan fingerprint density at radius 1 is 0.950 bits per heavy atom. The molecular formula is C17H22O3. The Balaban J connectivity index is 1.67. The molecule has 3 aliphatic carbocycles. The highest BCUT2D eigenvalue weighted by atomic mass is 16.3. The summed E-state index contributed by atoms with van der Waals surface area (Å²) >= 11 is 0. The maximum absolute atomic E-state index is 10.1. The van der Waals surface area contributed by atoms with Crippen LogP contribution in [0.1, 0.15) is 42.7 Å². The molecule has 20 heavy (non-hydrogen) atoms. The van der Waals surface area contributed by atoms with Crippen molar-refractivity contribution in [2.24, 2.45) is 17.8 Å². The van der Waals surface area contributed by atoms with E-state index < -0.39 is 12.2 Å². The van der Waals surface area contributed by atoms with Crippen molar-refractivity contribution in [3.63, 3.8) is 0 Å². The summed E-state index contributed by atoms with van der Waals surface area (Å²) in [6.07, 6.45) is 3.99. The lowest BCUT2D eigenvalue weighted by molar-refractivity contribution is 0.00656. The largest absolute Gasteiger partial charge is 0.508 e. The molecule has 0 saturated heterocycles. The lowest BCUT2D eigenvalue weighted by Gasteiger charge is -2.44. The van der Waals surface area contributed by atoms with Gasteiger partial charge in [-0.05, 0) is 79.0 Å². The van der Waals surface area contributed by atoms with Crippen molar-refractivity contribution in [3.05, 3.63) is 29.3 Å². The minimum atomic E-state index is -0.523. The number of aliphatic hydroxyl groups is 2. The number of fused-ring (bicyclic) bond motifs is 5. The molecule has 0 unspecified atom stereocenters. The summed E-state index contributed by atoms with van der Waals surface area (Å²) in [6, 6.07) is 5.80. The zero-order valence-corrected chi connectivity index (χ0v) is 11.6. The van der Waals surface area contributed by atoms with Gasteiger partial charge in [-0.3, -0.25) is 0 Å². The molecule has 1 aromatic carbocycles. The van der Waals surface area contributed by atoms with E-state index in [-0.39, 0.29) is 0 Å². The van der Waals surface area contributed by atoms with Gasteiger partial charge in [-0.2, -0.15) is 0 Å². The molecule has 3 aliphatic rings. The van der Waals surface area contributed by atoms with E-state index in [4.69, 9.17) is 0 Å². The summed E-state index contributed by atoms with van der Waals surface area (Å²) in [5, 5.41) is 29.7. The average molecular weight is 274 g/mol. The van der Waals surface area contributed by atoms with Crippen LogP contribution in [0.2, 0.25) is 0 Å². The summed E-state index contributed by atoms with van der Waals surface area (Å²) < 4.78 is 0. The van der Waals surface area contributed by atoms with Gasteiger partial charge in [0, 0.05) is 0 Å². The second kappa shape index (κ2) is 4.47. The topological polar surface area (TPSA) is 60.7 Å². The summed E-state index contributed by atoms with van der Waals surface area (Å²) in [5.41, 5.74) is 2.69. The first-order chi connectivity index (χ1) is 9.65. The Morgan fingerprint density at radius 2 is 1.80 bits per heavy atom. The molecule has 1 aromatic rings. The number of rotatable bonds is 0. The molecule has 0 spiro atoms. The van der Waals surface area contributed by atoms with Gasteiger partial charge in [0.25, 0.3) is 0 Å². The molecule has 108 valence electrons. The van der Waals surface area contributed by atoms with E-state index in [2.05, 4.69) is 6.07 Å². The van der Waals surface area contributed by atoms with Crippen LogP contribution >= 0.6 is 0 Å². The van der Waals surface area contributed by atoms with Gasteiger partial charge in [0.1, 0.15) is 5.75 Å². The van der Waals surface area contributed by atoms with Crippen LogP contribution in [0, 0.1) is 17.8 Å². The molecule has 0 radical (unpaired) electrons. The van der Waals surface area contributed by atoms with Crippen LogP contribution in [0.5, 0.6) is 5.75 Å². The Morgan fingerprint density at radius 3 is 2.65 bits per heavy atom. The summed E-state index contributed by atoms with van der Waals surface area (Å²) in [7, 11) is 0. The number of aliphatic hydroxyl groups excluding tert-OH is 2. The van der Waals surface area contributed by atoms with Crippen LogP contribution in [-0.2, 0) is 6.42 Å². The normalized spacial score (nSPS) is 42.7. The van der Waals surface area contributed by atoms with Gasteiger partial charge in [0.15, 0.2) is 0 Å².